The molecule has 27 heavy (non-hydrogen) atoms. The van der Waals surface area contributed by atoms with Gasteiger partial charge >= 0.3 is 0 Å². The van der Waals surface area contributed by atoms with Crippen LogP contribution in [0.5, 0.6) is 0 Å². The van der Waals surface area contributed by atoms with Crippen LogP contribution in [0.25, 0.3) is 0 Å². The van der Waals surface area contributed by atoms with E-state index in [0.717, 1.165) is 6.42 Å². The summed E-state index contributed by atoms with van der Waals surface area (Å²) in [4.78, 5) is 26.9. The average Bonchev–Trinajstić information content (AvgIpc) is 3.11. The Hall–Kier alpha value is -2.76. The van der Waals surface area contributed by atoms with E-state index in [1.165, 1.54) is 35.2 Å². The van der Waals surface area contributed by atoms with Crippen molar-refractivity contribution in [2.24, 2.45) is 5.92 Å². The Labute approximate surface area is 157 Å². The normalized spacial score (nSPS) is 19.1. The van der Waals surface area contributed by atoms with Gasteiger partial charge in [0.05, 0.1) is 11.5 Å². The van der Waals surface area contributed by atoms with Gasteiger partial charge in [0.2, 0.25) is 5.91 Å². The van der Waals surface area contributed by atoms with Crippen LogP contribution in [-0.2, 0) is 4.79 Å². The summed E-state index contributed by atoms with van der Waals surface area (Å²) in [6, 6.07) is 11.9. The van der Waals surface area contributed by atoms with Gasteiger partial charge in [0.25, 0.3) is 5.91 Å². The topological polar surface area (TPSA) is 49.4 Å². The minimum absolute atomic E-state index is 0.0230. The second-order valence-corrected chi connectivity index (χ2v) is 6.75. The lowest BCUT2D eigenvalue weighted by Gasteiger charge is -2.18. The highest BCUT2D eigenvalue weighted by molar-refractivity contribution is 5.95. The molecule has 1 aliphatic rings. The number of nitrogens with one attached hydrogen (secondary N) is 1. The van der Waals surface area contributed by atoms with Crippen molar-refractivity contribution in [3.8, 4) is 0 Å². The predicted octanol–water partition coefficient (Wildman–Crippen LogP) is 3.35. The molecule has 1 heterocycles. The van der Waals surface area contributed by atoms with Gasteiger partial charge in [0, 0.05) is 25.6 Å². The molecule has 1 aliphatic heterocycles. The van der Waals surface area contributed by atoms with Gasteiger partial charge in [-0.05, 0) is 36.2 Å². The summed E-state index contributed by atoms with van der Waals surface area (Å²) in [5, 5.41) is 2.85. The molecular weight excluding hydrogens is 350 g/mol. The lowest BCUT2D eigenvalue weighted by atomic mass is 9.88. The number of nitrogens with zero attached hydrogens (tertiary/aromatic N) is 1. The SMILES string of the molecule is CCCNC(=O)[C@H]1CN(C(=O)c2ccccc2F)C[C@@H]1c1cccc(F)c1. The van der Waals surface area contributed by atoms with Gasteiger partial charge < -0.3 is 10.2 Å². The highest BCUT2D eigenvalue weighted by Crippen LogP contribution is 2.34. The van der Waals surface area contributed by atoms with E-state index in [9.17, 15) is 18.4 Å². The van der Waals surface area contributed by atoms with E-state index in [1.807, 2.05) is 6.92 Å². The lowest BCUT2D eigenvalue weighted by Crippen LogP contribution is -2.36. The van der Waals surface area contributed by atoms with Crippen molar-refractivity contribution < 1.29 is 18.4 Å². The number of hydrogen-bond acceptors (Lipinski definition) is 2. The molecule has 142 valence electrons. The van der Waals surface area contributed by atoms with Gasteiger partial charge in [0.15, 0.2) is 0 Å². The first-order chi connectivity index (χ1) is 13.0. The quantitative estimate of drug-likeness (QED) is 0.875. The van der Waals surface area contributed by atoms with Crippen molar-refractivity contribution in [1.82, 2.24) is 10.2 Å². The second-order valence-electron chi connectivity index (χ2n) is 6.75. The molecule has 0 aliphatic carbocycles. The Morgan fingerprint density at radius 3 is 2.59 bits per heavy atom. The Kier molecular flexibility index (Phi) is 5.84. The molecule has 3 rings (SSSR count). The van der Waals surface area contributed by atoms with Crippen molar-refractivity contribution in [2.45, 2.75) is 19.3 Å². The van der Waals surface area contributed by atoms with Gasteiger partial charge in [-0.25, -0.2) is 8.78 Å². The number of carbonyl (C=O) groups is 2. The molecule has 0 spiro atoms. The Morgan fingerprint density at radius 2 is 1.89 bits per heavy atom. The minimum Gasteiger partial charge on any atom is -0.356 e. The third-order valence-electron chi connectivity index (χ3n) is 4.87. The monoisotopic (exact) mass is 372 g/mol. The zero-order valence-corrected chi connectivity index (χ0v) is 15.1. The fraction of sp³-hybridized carbons (Fsp3) is 0.333. The molecule has 0 radical (unpaired) electrons. The molecule has 1 saturated heterocycles. The van der Waals surface area contributed by atoms with E-state index in [1.54, 1.807) is 18.2 Å². The molecule has 6 heteroatoms. The Balaban J connectivity index is 1.87. The van der Waals surface area contributed by atoms with E-state index < -0.39 is 17.6 Å². The van der Waals surface area contributed by atoms with E-state index in [-0.39, 0.29) is 36.3 Å². The van der Waals surface area contributed by atoms with Gasteiger partial charge in [-0.1, -0.05) is 31.2 Å². The smallest absolute Gasteiger partial charge is 0.256 e. The molecule has 2 amide bonds. The molecule has 1 N–H and O–H groups in total. The number of amides is 2. The largest absolute Gasteiger partial charge is 0.356 e. The third kappa shape index (κ3) is 4.15. The molecule has 0 unspecified atom stereocenters. The maximum absolute atomic E-state index is 14.0. The van der Waals surface area contributed by atoms with E-state index >= 15 is 0 Å². The second kappa shape index (κ2) is 8.29. The first kappa shape index (κ1) is 19.0. The first-order valence-corrected chi connectivity index (χ1v) is 9.08. The van der Waals surface area contributed by atoms with Crippen molar-refractivity contribution in [1.29, 1.82) is 0 Å². The van der Waals surface area contributed by atoms with Crippen molar-refractivity contribution in [3.63, 3.8) is 0 Å². The van der Waals surface area contributed by atoms with Gasteiger partial charge in [-0.2, -0.15) is 0 Å². The summed E-state index contributed by atoms with van der Waals surface area (Å²) in [6.07, 6.45) is 0.793. The van der Waals surface area contributed by atoms with Crippen LogP contribution in [0.2, 0.25) is 0 Å². The maximum atomic E-state index is 14.0. The van der Waals surface area contributed by atoms with Gasteiger partial charge in [-0.3, -0.25) is 9.59 Å². The van der Waals surface area contributed by atoms with Crippen molar-refractivity contribution >= 4 is 11.8 Å². The van der Waals surface area contributed by atoms with Gasteiger partial charge in [0.1, 0.15) is 11.6 Å². The molecule has 4 nitrogen and oxygen atoms in total. The summed E-state index contributed by atoms with van der Waals surface area (Å²) in [6.45, 7) is 2.89. The van der Waals surface area contributed by atoms with Crippen LogP contribution >= 0.6 is 0 Å². The molecule has 2 aromatic rings. The highest BCUT2D eigenvalue weighted by Gasteiger charge is 2.40. The predicted molar refractivity (Wildman–Crippen MR) is 98.2 cm³/mol. The molecule has 0 saturated carbocycles. The van der Waals surface area contributed by atoms with Gasteiger partial charge in [-0.15, -0.1) is 0 Å². The maximum Gasteiger partial charge on any atom is 0.256 e. The average molecular weight is 372 g/mol. The van der Waals surface area contributed by atoms with Crippen LogP contribution in [0.3, 0.4) is 0 Å². The van der Waals surface area contributed by atoms with Crippen LogP contribution in [0.1, 0.15) is 35.2 Å². The number of likely N-dealkylation sites (tertiary alicyclic amines) is 1. The zero-order chi connectivity index (χ0) is 19.4. The molecule has 2 aromatic carbocycles. The minimum atomic E-state index is -0.594. The molecule has 2 atom stereocenters. The van der Waals surface area contributed by atoms with Crippen LogP contribution in [-0.4, -0.2) is 36.3 Å². The summed E-state index contributed by atoms with van der Waals surface area (Å²) in [7, 11) is 0. The number of rotatable bonds is 5. The fourth-order valence-electron chi connectivity index (χ4n) is 3.49. The number of benzene rings is 2. The molecule has 0 bridgehead atoms. The number of hydrogen-bond donors (Lipinski definition) is 1. The third-order valence-corrected chi connectivity index (χ3v) is 4.87. The molecule has 1 fully saturated rings. The summed E-state index contributed by atoms with van der Waals surface area (Å²) in [5.41, 5.74) is 0.639. The van der Waals surface area contributed by atoms with E-state index in [2.05, 4.69) is 5.32 Å². The standard InChI is InChI=1S/C21H22F2N2O2/c1-2-10-24-20(26)18-13-25(21(27)16-8-3-4-9-19(16)23)12-17(18)14-6-5-7-15(22)11-14/h3-9,11,17-18H,2,10,12-13H2,1H3,(H,24,26)/t17-,18+/m1/s1. The van der Waals surface area contributed by atoms with Crippen LogP contribution in [0.15, 0.2) is 48.5 Å². The van der Waals surface area contributed by atoms with Crippen LogP contribution in [0, 0.1) is 17.6 Å². The van der Waals surface area contributed by atoms with Crippen LogP contribution < -0.4 is 5.32 Å². The number of halogens is 2. The van der Waals surface area contributed by atoms with E-state index in [0.29, 0.717) is 12.1 Å². The zero-order valence-electron chi connectivity index (χ0n) is 15.1. The van der Waals surface area contributed by atoms with Crippen molar-refractivity contribution in [3.05, 3.63) is 71.3 Å². The van der Waals surface area contributed by atoms with E-state index in [4.69, 9.17) is 0 Å². The molecular formula is C21H22F2N2O2. The lowest BCUT2D eigenvalue weighted by molar-refractivity contribution is -0.124. The summed E-state index contributed by atoms with van der Waals surface area (Å²) < 4.78 is 27.7. The fourth-order valence-corrected chi connectivity index (χ4v) is 3.49. The summed E-state index contributed by atoms with van der Waals surface area (Å²) in [5.74, 6) is -2.46. The number of carbonyl (C=O) groups excluding carboxylic acids is 2. The van der Waals surface area contributed by atoms with Crippen LogP contribution in [0.4, 0.5) is 8.78 Å². The van der Waals surface area contributed by atoms with Crippen molar-refractivity contribution in [2.75, 3.05) is 19.6 Å². The molecule has 0 aromatic heterocycles. The highest BCUT2D eigenvalue weighted by atomic mass is 19.1. The Morgan fingerprint density at radius 1 is 1.11 bits per heavy atom. The first-order valence-electron chi connectivity index (χ1n) is 9.08. The Bertz CT molecular complexity index is 840. The summed E-state index contributed by atoms with van der Waals surface area (Å²) >= 11 is 0.